The molecule has 1 atom stereocenters. The summed E-state index contributed by atoms with van der Waals surface area (Å²) in [7, 11) is 0. The van der Waals surface area contributed by atoms with E-state index in [1.165, 1.54) is 5.69 Å². The highest BCUT2D eigenvalue weighted by Crippen LogP contribution is 2.27. The summed E-state index contributed by atoms with van der Waals surface area (Å²) in [6.45, 7) is 3.23. The molecule has 3 aromatic rings. The number of hydrogen-bond donors (Lipinski definition) is 2. The van der Waals surface area contributed by atoms with Gasteiger partial charge in [-0.05, 0) is 31.5 Å². The normalized spacial score (nSPS) is 19.4. The third-order valence-electron chi connectivity index (χ3n) is 5.83. The van der Waals surface area contributed by atoms with E-state index in [9.17, 15) is 4.79 Å². The summed E-state index contributed by atoms with van der Waals surface area (Å²) in [4.78, 5) is 15.1. The second-order valence-corrected chi connectivity index (χ2v) is 7.58. The molecule has 144 valence electrons. The van der Waals surface area contributed by atoms with Crippen LogP contribution in [0.5, 0.6) is 0 Å². The lowest BCUT2D eigenvalue weighted by molar-refractivity contribution is 0.0732. The number of hydrogen-bond acceptors (Lipinski definition) is 4. The fourth-order valence-electron chi connectivity index (χ4n) is 4.34. The van der Waals surface area contributed by atoms with Crippen LogP contribution < -0.4 is 5.32 Å². The number of aromatic amines is 1. The molecule has 4 heterocycles. The maximum absolute atomic E-state index is 13.2. The standard InChI is InChI=1S/C21H24N6O/c28-21(18-13-23-25-20(18)15-5-4-9-22-11-15)26-10-8-19-16(14-26)12-24-27(19)17-6-2-1-3-7-17/h1-3,6-7,12-13,15,22H,4-5,8-11,14H2,(H,23,25). The van der Waals surface area contributed by atoms with Gasteiger partial charge in [0.2, 0.25) is 0 Å². The van der Waals surface area contributed by atoms with Crippen LogP contribution >= 0.6 is 0 Å². The van der Waals surface area contributed by atoms with E-state index in [4.69, 9.17) is 0 Å². The molecule has 0 spiro atoms. The highest BCUT2D eigenvalue weighted by Gasteiger charge is 2.29. The molecule has 1 fully saturated rings. The lowest BCUT2D eigenvalue weighted by Gasteiger charge is -2.28. The zero-order valence-electron chi connectivity index (χ0n) is 15.8. The average molecular weight is 376 g/mol. The molecule has 28 heavy (non-hydrogen) atoms. The Morgan fingerprint density at radius 3 is 2.89 bits per heavy atom. The van der Waals surface area contributed by atoms with Gasteiger partial charge in [0.15, 0.2) is 0 Å². The number of nitrogens with one attached hydrogen (secondary N) is 2. The monoisotopic (exact) mass is 376 g/mol. The molecule has 0 saturated carbocycles. The van der Waals surface area contributed by atoms with E-state index in [0.29, 0.717) is 24.6 Å². The highest BCUT2D eigenvalue weighted by atomic mass is 16.2. The number of fused-ring (bicyclic) bond motifs is 1. The van der Waals surface area contributed by atoms with Crippen LogP contribution in [0.4, 0.5) is 0 Å². The first kappa shape index (κ1) is 17.2. The van der Waals surface area contributed by atoms with Gasteiger partial charge in [-0.25, -0.2) is 4.68 Å². The fourth-order valence-corrected chi connectivity index (χ4v) is 4.34. The molecule has 0 aliphatic carbocycles. The SMILES string of the molecule is O=C(c1cn[nH]c1C1CCCNC1)N1CCc2c(cnn2-c2ccccc2)C1. The van der Waals surface area contributed by atoms with Crippen LogP contribution in [0.25, 0.3) is 5.69 Å². The second kappa shape index (κ2) is 7.24. The fraction of sp³-hybridized carbons (Fsp3) is 0.381. The zero-order valence-corrected chi connectivity index (χ0v) is 15.8. The number of piperidine rings is 1. The molecular weight excluding hydrogens is 352 g/mol. The van der Waals surface area contributed by atoms with Crippen LogP contribution in [-0.4, -0.2) is 50.4 Å². The van der Waals surface area contributed by atoms with Gasteiger partial charge in [0, 0.05) is 37.5 Å². The van der Waals surface area contributed by atoms with Crippen molar-refractivity contribution in [2.24, 2.45) is 0 Å². The van der Waals surface area contributed by atoms with Crippen LogP contribution in [-0.2, 0) is 13.0 Å². The van der Waals surface area contributed by atoms with Gasteiger partial charge in [0.05, 0.1) is 35.0 Å². The summed E-state index contributed by atoms with van der Waals surface area (Å²) >= 11 is 0. The van der Waals surface area contributed by atoms with E-state index in [0.717, 1.165) is 49.3 Å². The molecular formula is C21H24N6O. The Hall–Kier alpha value is -2.93. The third-order valence-corrected chi connectivity index (χ3v) is 5.83. The summed E-state index contributed by atoms with van der Waals surface area (Å²) in [6, 6.07) is 10.1. The predicted molar refractivity (Wildman–Crippen MR) is 105 cm³/mol. The van der Waals surface area contributed by atoms with Gasteiger partial charge >= 0.3 is 0 Å². The first-order valence-electron chi connectivity index (χ1n) is 9.95. The summed E-state index contributed by atoms with van der Waals surface area (Å²) in [6.07, 6.45) is 6.60. The van der Waals surface area contributed by atoms with E-state index in [-0.39, 0.29) is 5.91 Å². The van der Waals surface area contributed by atoms with Gasteiger partial charge in [-0.3, -0.25) is 9.89 Å². The summed E-state index contributed by atoms with van der Waals surface area (Å²) < 4.78 is 1.99. The Kier molecular flexibility index (Phi) is 4.44. The number of carbonyl (C=O) groups is 1. The molecule has 0 bridgehead atoms. The van der Waals surface area contributed by atoms with Crippen molar-refractivity contribution < 1.29 is 4.79 Å². The molecule has 1 amide bonds. The maximum atomic E-state index is 13.2. The van der Waals surface area contributed by atoms with Crippen molar-refractivity contribution in [2.75, 3.05) is 19.6 Å². The largest absolute Gasteiger partial charge is 0.334 e. The second-order valence-electron chi connectivity index (χ2n) is 7.58. The Balaban J connectivity index is 1.37. The van der Waals surface area contributed by atoms with Crippen molar-refractivity contribution >= 4 is 5.91 Å². The van der Waals surface area contributed by atoms with Crippen LogP contribution in [0.1, 0.15) is 46.1 Å². The molecule has 2 N–H and O–H groups in total. The number of rotatable bonds is 3. The van der Waals surface area contributed by atoms with Gasteiger partial charge < -0.3 is 10.2 Å². The number of aromatic nitrogens is 4. The Bertz CT molecular complexity index is 970. The van der Waals surface area contributed by atoms with Gasteiger partial charge in [0.1, 0.15) is 0 Å². The first-order chi connectivity index (χ1) is 13.8. The van der Waals surface area contributed by atoms with Crippen LogP contribution in [0.15, 0.2) is 42.7 Å². The number of para-hydroxylation sites is 1. The van der Waals surface area contributed by atoms with E-state index >= 15 is 0 Å². The number of amides is 1. The Morgan fingerprint density at radius 2 is 2.07 bits per heavy atom. The zero-order chi connectivity index (χ0) is 18.9. The lowest BCUT2D eigenvalue weighted by atomic mass is 9.93. The van der Waals surface area contributed by atoms with E-state index < -0.39 is 0 Å². The Labute approximate surface area is 163 Å². The van der Waals surface area contributed by atoms with E-state index in [1.807, 2.05) is 34.0 Å². The average Bonchev–Trinajstić information content (AvgIpc) is 3.41. The van der Waals surface area contributed by atoms with Crippen molar-refractivity contribution in [2.45, 2.75) is 31.7 Å². The summed E-state index contributed by atoms with van der Waals surface area (Å²) in [5, 5.41) is 15.3. The molecule has 2 aromatic heterocycles. The minimum Gasteiger partial charge on any atom is -0.334 e. The third kappa shape index (κ3) is 3.01. The molecule has 1 unspecified atom stereocenters. The molecule has 7 nitrogen and oxygen atoms in total. The number of H-pyrrole nitrogens is 1. The molecule has 7 heteroatoms. The highest BCUT2D eigenvalue weighted by molar-refractivity contribution is 5.95. The van der Waals surface area contributed by atoms with Crippen molar-refractivity contribution in [3.8, 4) is 5.69 Å². The maximum Gasteiger partial charge on any atom is 0.257 e. The Morgan fingerprint density at radius 1 is 1.18 bits per heavy atom. The topological polar surface area (TPSA) is 78.8 Å². The lowest BCUT2D eigenvalue weighted by Crippen LogP contribution is -2.37. The predicted octanol–water partition coefficient (Wildman–Crippen LogP) is 2.26. The quantitative estimate of drug-likeness (QED) is 0.735. The first-order valence-corrected chi connectivity index (χ1v) is 9.95. The van der Waals surface area contributed by atoms with Gasteiger partial charge in [-0.15, -0.1) is 0 Å². The van der Waals surface area contributed by atoms with Crippen molar-refractivity contribution in [3.05, 3.63) is 65.2 Å². The molecule has 1 aromatic carbocycles. The van der Waals surface area contributed by atoms with Gasteiger partial charge in [-0.1, -0.05) is 18.2 Å². The smallest absolute Gasteiger partial charge is 0.257 e. The van der Waals surface area contributed by atoms with Crippen LogP contribution in [0.3, 0.4) is 0 Å². The molecule has 5 rings (SSSR count). The van der Waals surface area contributed by atoms with E-state index in [1.54, 1.807) is 6.20 Å². The molecule has 0 radical (unpaired) electrons. The van der Waals surface area contributed by atoms with Gasteiger partial charge in [0.25, 0.3) is 5.91 Å². The van der Waals surface area contributed by atoms with Crippen molar-refractivity contribution in [1.82, 2.24) is 30.2 Å². The minimum atomic E-state index is 0.0624. The summed E-state index contributed by atoms with van der Waals surface area (Å²) in [5.41, 5.74) is 5.06. The minimum absolute atomic E-state index is 0.0624. The van der Waals surface area contributed by atoms with Crippen LogP contribution in [0, 0.1) is 0 Å². The van der Waals surface area contributed by atoms with Crippen molar-refractivity contribution in [1.29, 1.82) is 0 Å². The van der Waals surface area contributed by atoms with Crippen molar-refractivity contribution in [3.63, 3.8) is 0 Å². The van der Waals surface area contributed by atoms with E-state index in [2.05, 4.69) is 32.7 Å². The van der Waals surface area contributed by atoms with Gasteiger partial charge in [-0.2, -0.15) is 10.2 Å². The van der Waals surface area contributed by atoms with Crippen LogP contribution in [0.2, 0.25) is 0 Å². The number of nitrogens with zero attached hydrogens (tertiary/aromatic N) is 4. The molecule has 1 saturated heterocycles. The molecule has 2 aliphatic rings. The number of carbonyl (C=O) groups excluding carboxylic acids is 1. The molecule has 2 aliphatic heterocycles. The number of benzene rings is 1. The summed E-state index contributed by atoms with van der Waals surface area (Å²) in [5.74, 6) is 0.392.